The summed E-state index contributed by atoms with van der Waals surface area (Å²) in [5.41, 5.74) is 11.1. The fraction of sp³-hybridized carbons (Fsp3) is 0.595. The molecule has 10 atom stereocenters. The Morgan fingerprint density at radius 3 is 2.29 bits per heavy atom. The smallest absolute Gasteiger partial charge is 0.306 e. The molecule has 10 nitrogen and oxygen atoms in total. The van der Waals surface area contributed by atoms with Gasteiger partial charge in [-0.25, -0.2) is 0 Å². The molecule has 0 heterocycles. The fourth-order valence-corrected chi connectivity index (χ4v) is 11.0. The van der Waals surface area contributed by atoms with Crippen LogP contribution in [-0.2, 0) is 19.1 Å². The molecule has 52 heavy (non-hydrogen) atoms. The summed E-state index contributed by atoms with van der Waals surface area (Å²) in [6, 6.07) is 13.9. The number of nitrogens with one attached hydrogen (secondary N) is 2. The zero-order valence-corrected chi connectivity index (χ0v) is 30.7. The van der Waals surface area contributed by atoms with Crippen LogP contribution in [0.3, 0.4) is 0 Å². The van der Waals surface area contributed by atoms with Crippen LogP contribution in [0.4, 0.5) is 17.1 Å². The summed E-state index contributed by atoms with van der Waals surface area (Å²) >= 11 is 0. The number of ether oxygens (including phenoxy) is 1. The molecule has 2 aromatic rings. The number of fused-ring (bicyclic) bond motifs is 5. The second kappa shape index (κ2) is 15.7. The Morgan fingerprint density at radius 2 is 1.62 bits per heavy atom. The average Bonchev–Trinajstić information content (AvgIpc) is 3.50. The molecular formula is C42H53N5O5. The summed E-state index contributed by atoms with van der Waals surface area (Å²) in [5.74, 6) is 4.63. The molecule has 0 aliphatic heterocycles. The second-order valence-corrected chi connectivity index (χ2v) is 16.4. The van der Waals surface area contributed by atoms with Crippen LogP contribution in [0.25, 0.3) is 10.4 Å². The zero-order valence-electron chi connectivity index (χ0n) is 30.7. The Morgan fingerprint density at radius 1 is 0.942 bits per heavy atom. The lowest BCUT2D eigenvalue weighted by Gasteiger charge is -2.62. The number of azide groups is 1. The van der Waals surface area contributed by atoms with Crippen molar-refractivity contribution >= 4 is 34.8 Å². The first-order valence-corrected chi connectivity index (χ1v) is 19.1. The third-order valence-corrected chi connectivity index (χ3v) is 13.8. The number of benzene rings is 2. The van der Waals surface area contributed by atoms with Gasteiger partial charge in [-0.2, -0.15) is 0 Å². The van der Waals surface area contributed by atoms with Gasteiger partial charge in [0.05, 0.1) is 12.5 Å². The molecule has 0 spiro atoms. The Bertz CT molecular complexity index is 1720. The minimum atomic E-state index is -0.376. The van der Waals surface area contributed by atoms with E-state index in [9.17, 15) is 19.5 Å². The molecular weight excluding hydrogens is 654 g/mol. The molecule has 4 fully saturated rings. The average molecular weight is 708 g/mol. The van der Waals surface area contributed by atoms with Gasteiger partial charge in [0.15, 0.2) is 0 Å². The number of carbonyl (C=O) groups is 3. The summed E-state index contributed by atoms with van der Waals surface area (Å²) in [6.07, 6.45) is 14.1. The van der Waals surface area contributed by atoms with Crippen molar-refractivity contribution in [2.24, 2.45) is 51.5 Å². The van der Waals surface area contributed by atoms with Crippen molar-refractivity contribution in [2.45, 2.75) is 110 Å². The van der Waals surface area contributed by atoms with E-state index < -0.39 is 0 Å². The van der Waals surface area contributed by atoms with Gasteiger partial charge in [-0.15, -0.1) is 6.42 Å². The molecule has 3 N–H and O–H groups in total. The maximum Gasteiger partial charge on any atom is 0.306 e. The molecule has 6 rings (SSSR count). The van der Waals surface area contributed by atoms with Gasteiger partial charge >= 0.3 is 5.97 Å². The van der Waals surface area contributed by atoms with Gasteiger partial charge in [-0.05, 0) is 146 Å². The van der Waals surface area contributed by atoms with Gasteiger partial charge in [-0.3, -0.25) is 14.4 Å². The van der Waals surface area contributed by atoms with Gasteiger partial charge < -0.3 is 20.5 Å². The largest absolute Gasteiger partial charge is 0.462 e. The van der Waals surface area contributed by atoms with Gasteiger partial charge in [0.25, 0.3) is 0 Å². The van der Waals surface area contributed by atoms with E-state index in [-0.39, 0.29) is 53.7 Å². The quantitative estimate of drug-likeness (QED) is 0.0700. The molecule has 0 unspecified atom stereocenters. The first-order valence-electron chi connectivity index (χ1n) is 19.1. The molecule has 0 bridgehead atoms. The normalized spacial score (nSPS) is 32.4. The maximum absolute atomic E-state index is 12.8. The number of esters is 1. The van der Waals surface area contributed by atoms with Gasteiger partial charge in [0, 0.05) is 40.4 Å². The second-order valence-electron chi connectivity index (χ2n) is 16.4. The minimum Gasteiger partial charge on any atom is -0.462 e. The van der Waals surface area contributed by atoms with Crippen molar-refractivity contribution in [2.75, 3.05) is 10.6 Å². The summed E-state index contributed by atoms with van der Waals surface area (Å²) in [7, 11) is 0. The lowest BCUT2D eigenvalue weighted by atomic mass is 9.43. The van der Waals surface area contributed by atoms with E-state index in [1.807, 2.05) is 24.3 Å². The molecule has 0 saturated heterocycles. The molecule has 4 aliphatic carbocycles. The topological polar surface area (TPSA) is 153 Å². The van der Waals surface area contributed by atoms with Gasteiger partial charge in [0.2, 0.25) is 11.8 Å². The number of anilines is 2. The number of carbonyl (C=O) groups excluding carboxylic acids is 3. The number of amides is 2. The Hall–Kier alpha value is -4.32. The third-order valence-electron chi connectivity index (χ3n) is 13.8. The molecule has 0 radical (unpaired) electrons. The number of aliphatic hydroxyl groups excluding tert-OH is 1. The van der Waals surface area contributed by atoms with E-state index in [0.717, 1.165) is 69.0 Å². The highest BCUT2D eigenvalue weighted by Gasteiger charge is 2.63. The predicted octanol–water partition coefficient (Wildman–Crippen LogP) is 8.92. The summed E-state index contributed by atoms with van der Waals surface area (Å²) in [6.45, 7) is 7.04. The highest BCUT2D eigenvalue weighted by molar-refractivity contribution is 5.92. The molecule has 4 aliphatic rings. The van der Waals surface area contributed by atoms with E-state index in [4.69, 9.17) is 16.7 Å². The van der Waals surface area contributed by atoms with Crippen LogP contribution in [0.15, 0.2) is 53.6 Å². The number of aliphatic hydroxyl groups is 1. The molecule has 276 valence electrons. The maximum atomic E-state index is 12.8. The van der Waals surface area contributed by atoms with Crippen LogP contribution in [0, 0.1) is 58.7 Å². The van der Waals surface area contributed by atoms with E-state index in [1.54, 1.807) is 24.3 Å². The predicted molar refractivity (Wildman–Crippen MR) is 201 cm³/mol. The van der Waals surface area contributed by atoms with Crippen molar-refractivity contribution in [3.8, 4) is 12.3 Å². The lowest BCUT2D eigenvalue weighted by Crippen LogP contribution is -2.59. The van der Waals surface area contributed by atoms with E-state index >= 15 is 0 Å². The number of hydrogen-bond donors (Lipinski definition) is 3. The third kappa shape index (κ3) is 7.72. The van der Waals surface area contributed by atoms with Crippen molar-refractivity contribution in [1.82, 2.24) is 0 Å². The highest BCUT2D eigenvalue weighted by Crippen LogP contribution is 2.68. The summed E-state index contributed by atoms with van der Waals surface area (Å²) in [4.78, 5) is 40.9. The SMILES string of the molecule is C#Cc1ccc(NC(=O)CC[C@@H](C)[C@H]2CC[C@H]3[C@@H]4CC[C@@H]5C[C@H](OC(=O)CCC(=O)Nc6ccc(N=[N+]=[N-])cc6)CC[C@]5(C)[C@H]4C[C@H](O)[C@]23C)cc1. The van der Waals surface area contributed by atoms with Crippen LogP contribution >= 0.6 is 0 Å². The molecule has 2 amide bonds. The molecule has 2 aromatic carbocycles. The monoisotopic (exact) mass is 707 g/mol. The van der Waals surface area contributed by atoms with Gasteiger partial charge in [0.1, 0.15) is 6.10 Å². The van der Waals surface area contributed by atoms with Crippen molar-refractivity contribution in [1.29, 1.82) is 0 Å². The zero-order chi connectivity index (χ0) is 37.0. The van der Waals surface area contributed by atoms with E-state index in [2.05, 4.69) is 47.4 Å². The lowest BCUT2D eigenvalue weighted by molar-refractivity contribution is -0.181. The Balaban J connectivity index is 0.988. The van der Waals surface area contributed by atoms with Crippen LogP contribution < -0.4 is 10.6 Å². The number of nitrogens with zero attached hydrogens (tertiary/aromatic N) is 3. The minimum absolute atomic E-state index is 0.00861. The van der Waals surface area contributed by atoms with E-state index in [1.165, 1.54) is 0 Å². The first kappa shape index (κ1) is 37.4. The standard InChI is InChI=1S/C42H53N5O5/c1-5-27-7-10-29(11-8-27)44-38(49)19-6-26(2)34-17-18-35-33-16-9-28-24-32(22-23-41(28,3)36(33)25-37(48)42(34,35)4)52-40(51)21-20-39(50)45-30-12-14-31(15-13-30)46-47-43/h1,7-8,10-15,26,28,32-37,48H,6,9,16-25H2,2-4H3,(H,44,49)(H,45,50)/t26-,28-,32-,33+,34-,35+,36+,37+,41+,42-/m1/s1. The Labute approximate surface area is 307 Å². The van der Waals surface area contributed by atoms with Crippen LogP contribution in [-0.4, -0.2) is 35.1 Å². The van der Waals surface area contributed by atoms with Crippen LogP contribution in [0.2, 0.25) is 0 Å². The van der Waals surface area contributed by atoms with E-state index in [0.29, 0.717) is 53.3 Å². The number of terminal acetylenes is 1. The molecule has 4 saturated carbocycles. The van der Waals surface area contributed by atoms with Crippen LogP contribution in [0.1, 0.15) is 103 Å². The van der Waals surface area contributed by atoms with Crippen molar-refractivity contribution in [3.63, 3.8) is 0 Å². The fourth-order valence-electron chi connectivity index (χ4n) is 11.0. The van der Waals surface area contributed by atoms with Crippen LogP contribution in [0.5, 0.6) is 0 Å². The highest BCUT2D eigenvalue weighted by atomic mass is 16.5. The molecule has 0 aromatic heterocycles. The summed E-state index contributed by atoms with van der Waals surface area (Å²) in [5, 5.41) is 21.3. The number of rotatable bonds is 11. The first-order chi connectivity index (χ1) is 24.9. The summed E-state index contributed by atoms with van der Waals surface area (Å²) < 4.78 is 5.94. The molecule has 10 heteroatoms. The van der Waals surface area contributed by atoms with Crippen molar-refractivity contribution in [3.05, 3.63) is 64.5 Å². The van der Waals surface area contributed by atoms with Crippen molar-refractivity contribution < 1.29 is 24.2 Å². The van der Waals surface area contributed by atoms with Gasteiger partial charge in [-0.1, -0.05) is 43.9 Å². The Kier molecular flexibility index (Phi) is 11.3. The number of hydrogen-bond acceptors (Lipinski definition) is 6.